The molecule has 12 heavy (non-hydrogen) atoms. The summed E-state index contributed by atoms with van der Waals surface area (Å²) in [6.07, 6.45) is 3.44. The van der Waals surface area contributed by atoms with Gasteiger partial charge in [-0.25, -0.2) is 4.21 Å². The lowest BCUT2D eigenvalue weighted by Crippen LogP contribution is -2.19. The monoisotopic (exact) mass is 189 g/mol. The van der Waals surface area contributed by atoms with Gasteiger partial charge >= 0.3 is 0 Å². The van der Waals surface area contributed by atoms with Gasteiger partial charge in [-0.05, 0) is 0 Å². The van der Waals surface area contributed by atoms with Gasteiger partial charge in [-0.15, -0.1) is 0 Å². The molecule has 0 bridgehead atoms. The molecular formula is C6H9N2O3S-. The molecule has 6 heteroatoms. The van der Waals surface area contributed by atoms with Crippen molar-refractivity contribution in [1.29, 1.82) is 0 Å². The zero-order valence-corrected chi connectivity index (χ0v) is 7.41. The van der Waals surface area contributed by atoms with Crippen molar-refractivity contribution in [2.75, 3.05) is 20.2 Å². The lowest BCUT2D eigenvalue weighted by atomic mass is 10.4. The third-order valence-corrected chi connectivity index (χ3v) is 1.61. The quantitative estimate of drug-likeness (QED) is 0.569. The summed E-state index contributed by atoms with van der Waals surface area (Å²) < 4.78 is 24.4. The fourth-order valence-electron chi connectivity index (χ4n) is 0.810. The molecule has 0 spiro atoms. The highest BCUT2D eigenvalue weighted by Gasteiger charge is 2.01. The average Bonchev–Trinajstić information content (AvgIpc) is 2.01. The Morgan fingerprint density at radius 3 is 3.25 bits per heavy atom. The van der Waals surface area contributed by atoms with Crippen LogP contribution in [0, 0.1) is 0 Å². The van der Waals surface area contributed by atoms with Crippen LogP contribution < -0.4 is 0 Å². The third kappa shape index (κ3) is 3.12. The van der Waals surface area contributed by atoms with Crippen molar-refractivity contribution in [2.24, 2.45) is 4.99 Å². The first kappa shape index (κ1) is 9.37. The van der Waals surface area contributed by atoms with E-state index in [9.17, 15) is 8.76 Å². The van der Waals surface area contributed by atoms with Gasteiger partial charge in [0.2, 0.25) is 0 Å². The maximum Gasteiger partial charge on any atom is 0.106 e. The second kappa shape index (κ2) is 4.34. The fraction of sp³-hybridized carbons (Fsp3) is 0.500. The molecule has 0 saturated carbocycles. The average molecular weight is 189 g/mol. The van der Waals surface area contributed by atoms with E-state index in [1.54, 1.807) is 12.4 Å². The molecule has 0 amide bonds. The number of aliphatic imine (C=N–C) groups is 1. The summed E-state index contributed by atoms with van der Waals surface area (Å²) in [5.41, 5.74) is 0.605. The van der Waals surface area contributed by atoms with Crippen LogP contribution in [0.4, 0.5) is 0 Å². The molecule has 0 radical (unpaired) electrons. The van der Waals surface area contributed by atoms with Crippen molar-refractivity contribution >= 4 is 17.6 Å². The first-order chi connectivity index (χ1) is 5.68. The maximum absolute atomic E-state index is 10.0. The Kier molecular flexibility index (Phi) is 3.39. The van der Waals surface area contributed by atoms with Crippen molar-refractivity contribution in [3.8, 4) is 0 Å². The van der Waals surface area contributed by atoms with E-state index < -0.39 is 11.4 Å². The van der Waals surface area contributed by atoms with Crippen LogP contribution >= 0.6 is 0 Å². The van der Waals surface area contributed by atoms with Gasteiger partial charge in [0.05, 0.1) is 23.6 Å². The molecule has 0 aliphatic carbocycles. The lowest BCUT2D eigenvalue weighted by Gasteiger charge is -2.16. The van der Waals surface area contributed by atoms with Gasteiger partial charge in [-0.3, -0.25) is 9.18 Å². The van der Waals surface area contributed by atoms with Crippen molar-refractivity contribution in [3.05, 3.63) is 11.9 Å². The largest absolute Gasteiger partial charge is 0.750 e. The highest BCUT2D eigenvalue weighted by Crippen LogP contribution is 2.03. The summed E-state index contributed by atoms with van der Waals surface area (Å²) in [5.74, 6) is 0. The minimum absolute atomic E-state index is 0.00302. The van der Waals surface area contributed by atoms with Gasteiger partial charge in [0, 0.05) is 19.5 Å². The molecule has 68 valence electrons. The smallest absolute Gasteiger partial charge is 0.106 e. The molecule has 0 aromatic heterocycles. The van der Waals surface area contributed by atoms with Crippen LogP contribution in [0.25, 0.3) is 0 Å². The first-order valence-electron chi connectivity index (χ1n) is 3.34. The summed E-state index contributed by atoms with van der Waals surface area (Å²) in [5, 5.41) is 0. The Morgan fingerprint density at radius 2 is 2.67 bits per heavy atom. The molecule has 1 aliphatic heterocycles. The minimum Gasteiger partial charge on any atom is -0.750 e. The Morgan fingerprint density at radius 1 is 1.92 bits per heavy atom. The predicted octanol–water partition coefficient (Wildman–Crippen LogP) is -0.345. The number of hydrogen-bond donors (Lipinski definition) is 0. The third-order valence-electron chi connectivity index (χ3n) is 1.30. The van der Waals surface area contributed by atoms with Crippen molar-refractivity contribution < 1.29 is 12.9 Å². The lowest BCUT2D eigenvalue weighted by molar-refractivity contribution is 0.322. The zero-order valence-electron chi connectivity index (χ0n) is 6.60. The van der Waals surface area contributed by atoms with E-state index in [-0.39, 0.29) is 6.61 Å². The topological polar surface area (TPSA) is 65.0 Å². The molecule has 0 fully saturated rings. The molecule has 0 N–H and O–H groups in total. The van der Waals surface area contributed by atoms with Gasteiger partial charge in [0.25, 0.3) is 0 Å². The molecule has 0 aromatic rings. The summed E-state index contributed by atoms with van der Waals surface area (Å²) in [4.78, 5) is 5.84. The van der Waals surface area contributed by atoms with E-state index in [0.29, 0.717) is 5.70 Å². The standard InChI is InChI=1S/C6H10N2O3S/c1-8-3-2-7-6(4-8)5-11-12(9)10/h2,4H,3,5H2,1H3,(H,9,10)/p-1. The van der Waals surface area contributed by atoms with Gasteiger partial charge in [0.1, 0.15) is 6.61 Å². The molecule has 0 saturated heterocycles. The molecule has 1 atom stereocenters. The van der Waals surface area contributed by atoms with Crippen LogP contribution in [0.15, 0.2) is 16.9 Å². The Balaban J connectivity index is 2.41. The minimum atomic E-state index is -2.46. The zero-order chi connectivity index (χ0) is 8.97. The molecular weight excluding hydrogens is 180 g/mol. The fourth-order valence-corrected chi connectivity index (χ4v) is 1.03. The number of hydrogen-bond acceptors (Lipinski definition) is 5. The van der Waals surface area contributed by atoms with Crippen LogP contribution in [-0.4, -0.2) is 40.1 Å². The predicted molar refractivity (Wildman–Crippen MR) is 44.1 cm³/mol. The molecule has 1 heterocycles. The molecule has 1 aliphatic rings. The van der Waals surface area contributed by atoms with Crippen LogP contribution in [0.3, 0.4) is 0 Å². The second-order valence-corrected chi connectivity index (χ2v) is 2.98. The Hall–Kier alpha value is -0.720. The van der Waals surface area contributed by atoms with Gasteiger partial charge < -0.3 is 9.45 Å². The van der Waals surface area contributed by atoms with E-state index in [0.717, 1.165) is 6.54 Å². The van der Waals surface area contributed by atoms with Gasteiger partial charge in [0.15, 0.2) is 0 Å². The summed E-state index contributed by atoms with van der Waals surface area (Å²) in [7, 11) is 1.87. The van der Waals surface area contributed by atoms with Crippen LogP contribution in [0.5, 0.6) is 0 Å². The molecule has 0 aromatic carbocycles. The highest BCUT2D eigenvalue weighted by molar-refractivity contribution is 7.74. The van der Waals surface area contributed by atoms with Gasteiger partial charge in [-0.1, -0.05) is 0 Å². The van der Waals surface area contributed by atoms with Crippen LogP contribution in [-0.2, 0) is 15.5 Å². The van der Waals surface area contributed by atoms with E-state index in [4.69, 9.17) is 0 Å². The summed E-state index contributed by atoms with van der Waals surface area (Å²) >= 11 is -2.46. The maximum atomic E-state index is 10.0. The van der Waals surface area contributed by atoms with E-state index in [1.165, 1.54) is 0 Å². The van der Waals surface area contributed by atoms with E-state index >= 15 is 0 Å². The van der Waals surface area contributed by atoms with Crippen molar-refractivity contribution in [2.45, 2.75) is 0 Å². The molecule has 1 rings (SSSR count). The molecule has 1 unspecified atom stereocenters. The van der Waals surface area contributed by atoms with E-state index in [1.807, 2.05) is 11.9 Å². The summed E-state index contributed by atoms with van der Waals surface area (Å²) in [6.45, 7) is 0.737. The second-order valence-electron chi connectivity index (χ2n) is 2.34. The summed E-state index contributed by atoms with van der Waals surface area (Å²) in [6, 6.07) is 0. The first-order valence-corrected chi connectivity index (χ1v) is 4.34. The SMILES string of the molecule is CN1C=C(COS(=O)[O-])N=CC1. The number of nitrogens with zero attached hydrogens (tertiary/aromatic N) is 2. The Labute approximate surface area is 73.2 Å². The Bertz CT molecular complexity index is 239. The van der Waals surface area contributed by atoms with Crippen LogP contribution in [0.1, 0.15) is 0 Å². The normalized spacial score (nSPS) is 19.2. The molecule has 5 nitrogen and oxygen atoms in total. The van der Waals surface area contributed by atoms with E-state index in [2.05, 4.69) is 9.18 Å². The number of rotatable bonds is 3. The van der Waals surface area contributed by atoms with Gasteiger partial charge in [-0.2, -0.15) is 0 Å². The van der Waals surface area contributed by atoms with Crippen LogP contribution in [0.2, 0.25) is 0 Å². The highest BCUT2D eigenvalue weighted by atomic mass is 32.2. The van der Waals surface area contributed by atoms with Crippen molar-refractivity contribution in [1.82, 2.24) is 4.90 Å². The van der Waals surface area contributed by atoms with Crippen molar-refractivity contribution in [3.63, 3.8) is 0 Å².